The van der Waals surface area contributed by atoms with Gasteiger partial charge in [-0.25, -0.2) is 4.39 Å². The van der Waals surface area contributed by atoms with E-state index in [1.54, 1.807) is 13.0 Å². The molecule has 0 fully saturated rings. The van der Waals surface area contributed by atoms with Crippen LogP contribution in [0.2, 0.25) is 0 Å². The van der Waals surface area contributed by atoms with Crippen LogP contribution in [0, 0.1) is 5.82 Å². The van der Waals surface area contributed by atoms with Crippen LogP contribution < -0.4 is 10.6 Å². The maximum absolute atomic E-state index is 12.9. The number of carbonyl (C=O) groups excluding carboxylic acids is 2. The summed E-state index contributed by atoms with van der Waals surface area (Å²) in [5, 5.41) is 13.4. The van der Waals surface area contributed by atoms with E-state index in [0.29, 0.717) is 5.56 Å². The van der Waals surface area contributed by atoms with Gasteiger partial charge in [0.1, 0.15) is 5.82 Å². The Morgan fingerprint density at radius 1 is 1.29 bits per heavy atom. The lowest BCUT2D eigenvalue weighted by Gasteiger charge is -2.12. The predicted octanol–water partition coefficient (Wildman–Crippen LogP) is 0.464. The number of amides is 2. The number of nitrogens with one attached hydrogen (secondary N) is 2. The van der Waals surface area contributed by atoms with Gasteiger partial charge in [-0.2, -0.15) is 0 Å². The number of carboxylic acid groups (broad SMARTS) is 1. The summed E-state index contributed by atoms with van der Waals surface area (Å²) >= 11 is 0. The van der Waals surface area contributed by atoms with Crippen LogP contribution in [0.3, 0.4) is 0 Å². The van der Waals surface area contributed by atoms with Crippen LogP contribution in [-0.4, -0.2) is 35.5 Å². The highest BCUT2D eigenvalue weighted by molar-refractivity contribution is 5.86. The first-order valence-corrected chi connectivity index (χ1v) is 6.39. The molecule has 0 aliphatic carbocycles. The van der Waals surface area contributed by atoms with Crippen LogP contribution in [0.25, 0.3) is 0 Å². The van der Waals surface area contributed by atoms with Crippen molar-refractivity contribution in [1.29, 1.82) is 0 Å². The van der Waals surface area contributed by atoms with Gasteiger partial charge >= 0.3 is 5.97 Å². The van der Waals surface area contributed by atoms with E-state index in [4.69, 9.17) is 5.11 Å². The molecule has 3 N–H and O–H groups in total. The fraction of sp³-hybridized carbons (Fsp3) is 0.357. The van der Waals surface area contributed by atoms with Crippen molar-refractivity contribution < 1.29 is 23.9 Å². The molecule has 0 spiro atoms. The summed E-state index contributed by atoms with van der Waals surface area (Å²) < 4.78 is 12.9. The molecule has 7 heteroatoms. The lowest BCUT2D eigenvalue weighted by Crippen LogP contribution is -2.41. The van der Waals surface area contributed by atoms with Crippen LogP contribution in [0.5, 0.6) is 0 Å². The summed E-state index contributed by atoms with van der Waals surface area (Å²) in [6, 6.07) is 5.11. The Bertz CT molecular complexity index is 533. The van der Waals surface area contributed by atoms with Crippen LogP contribution in [-0.2, 0) is 20.8 Å². The van der Waals surface area contributed by atoms with Crippen LogP contribution in [0.1, 0.15) is 18.9 Å². The minimum atomic E-state index is -1.02. The Hall–Kier alpha value is -2.44. The molecular weight excluding hydrogens is 279 g/mol. The van der Waals surface area contributed by atoms with E-state index in [2.05, 4.69) is 10.6 Å². The summed E-state index contributed by atoms with van der Waals surface area (Å²) in [4.78, 5) is 33.5. The van der Waals surface area contributed by atoms with E-state index in [-0.39, 0.29) is 19.4 Å². The molecule has 1 aromatic carbocycles. The maximum atomic E-state index is 12.9. The van der Waals surface area contributed by atoms with Gasteiger partial charge in [0.2, 0.25) is 11.8 Å². The van der Waals surface area contributed by atoms with Crippen LogP contribution in [0.15, 0.2) is 24.3 Å². The molecule has 0 aromatic heterocycles. The molecule has 0 heterocycles. The molecule has 21 heavy (non-hydrogen) atoms. The SMILES string of the molecule is CC(CC(=O)O)NC(=O)CNC(=O)Cc1cccc(F)c1. The van der Waals surface area contributed by atoms with Crippen LogP contribution in [0.4, 0.5) is 4.39 Å². The molecule has 1 rings (SSSR count). The highest BCUT2D eigenvalue weighted by Gasteiger charge is 2.12. The van der Waals surface area contributed by atoms with Crippen molar-refractivity contribution in [3.05, 3.63) is 35.6 Å². The molecule has 0 aliphatic heterocycles. The summed E-state index contributed by atoms with van der Waals surface area (Å²) in [6.45, 7) is 1.30. The number of benzene rings is 1. The van der Waals surface area contributed by atoms with Gasteiger partial charge in [0.05, 0.1) is 19.4 Å². The zero-order valence-corrected chi connectivity index (χ0v) is 11.6. The zero-order valence-electron chi connectivity index (χ0n) is 11.6. The molecule has 0 aliphatic rings. The first-order valence-electron chi connectivity index (χ1n) is 6.39. The molecule has 2 amide bonds. The average Bonchev–Trinajstić information content (AvgIpc) is 2.35. The summed E-state index contributed by atoms with van der Waals surface area (Å²) in [5.74, 6) is -2.34. The normalized spacial score (nSPS) is 11.5. The van der Waals surface area contributed by atoms with Gasteiger partial charge in [0.15, 0.2) is 0 Å². The van der Waals surface area contributed by atoms with Gasteiger partial charge in [0, 0.05) is 6.04 Å². The van der Waals surface area contributed by atoms with E-state index in [1.165, 1.54) is 18.2 Å². The lowest BCUT2D eigenvalue weighted by molar-refractivity contribution is -0.137. The number of halogens is 1. The molecule has 1 atom stereocenters. The molecule has 0 radical (unpaired) electrons. The third-order valence-electron chi connectivity index (χ3n) is 2.59. The second kappa shape index (κ2) is 7.98. The number of hydrogen-bond donors (Lipinski definition) is 3. The molecule has 1 unspecified atom stereocenters. The number of rotatable bonds is 7. The number of hydrogen-bond acceptors (Lipinski definition) is 3. The van der Waals surface area contributed by atoms with Crippen molar-refractivity contribution in [3.8, 4) is 0 Å². The highest BCUT2D eigenvalue weighted by Crippen LogP contribution is 2.03. The van der Waals surface area contributed by atoms with E-state index >= 15 is 0 Å². The van der Waals surface area contributed by atoms with E-state index in [1.807, 2.05) is 0 Å². The minimum absolute atomic E-state index is 0.0320. The average molecular weight is 296 g/mol. The quantitative estimate of drug-likeness (QED) is 0.681. The fourth-order valence-corrected chi connectivity index (χ4v) is 1.71. The van der Waals surface area contributed by atoms with Crippen molar-refractivity contribution in [2.24, 2.45) is 0 Å². The van der Waals surface area contributed by atoms with Gasteiger partial charge in [-0.15, -0.1) is 0 Å². The standard InChI is InChI=1S/C14H17FN2O4/c1-9(5-14(20)21)17-13(19)8-16-12(18)7-10-3-2-4-11(15)6-10/h2-4,6,9H,5,7-8H2,1H3,(H,16,18)(H,17,19)(H,20,21). The highest BCUT2D eigenvalue weighted by atomic mass is 19.1. The molecule has 6 nitrogen and oxygen atoms in total. The first kappa shape index (κ1) is 16.6. The molecular formula is C14H17FN2O4. The lowest BCUT2D eigenvalue weighted by atomic mass is 10.1. The maximum Gasteiger partial charge on any atom is 0.305 e. The van der Waals surface area contributed by atoms with Gasteiger partial charge in [0.25, 0.3) is 0 Å². The van der Waals surface area contributed by atoms with Crippen molar-refractivity contribution in [1.82, 2.24) is 10.6 Å². The van der Waals surface area contributed by atoms with Crippen LogP contribution >= 0.6 is 0 Å². The Labute approximate surface area is 121 Å². The summed E-state index contributed by atoms with van der Waals surface area (Å²) in [7, 11) is 0. The van der Waals surface area contributed by atoms with Gasteiger partial charge in [-0.1, -0.05) is 12.1 Å². The van der Waals surface area contributed by atoms with Crippen molar-refractivity contribution >= 4 is 17.8 Å². The molecule has 0 saturated heterocycles. The van der Waals surface area contributed by atoms with Crippen molar-refractivity contribution in [2.45, 2.75) is 25.8 Å². The molecule has 114 valence electrons. The van der Waals surface area contributed by atoms with Gasteiger partial charge in [-0.05, 0) is 24.6 Å². The molecule has 1 aromatic rings. The van der Waals surface area contributed by atoms with Gasteiger partial charge < -0.3 is 15.7 Å². The number of carboxylic acids is 1. The van der Waals surface area contributed by atoms with Gasteiger partial charge in [-0.3, -0.25) is 14.4 Å². The smallest absolute Gasteiger partial charge is 0.305 e. The summed E-state index contributed by atoms with van der Waals surface area (Å²) in [5.41, 5.74) is 0.507. The fourth-order valence-electron chi connectivity index (χ4n) is 1.71. The number of carbonyl (C=O) groups is 3. The van der Waals surface area contributed by atoms with E-state index in [9.17, 15) is 18.8 Å². The van der Waals surface area contributed by atoms with Crippen molar-refractivity contribution in [2.75, 3.05) is 6.54 Å². The Morgan fingerprint density at radius 3 is 2.62 bits per heavy atom. The molecule has 0 saturated carbocycles. The second-order valence-corrected chi connectivity index (χ2v) is 4.65. The third kappa shape index (κ3) is 7.05. The second-order valence-electron chi connectivity index (χ2n) is 4.65. The van der Waals surface area contributed by atoms with E-state index < -0.39 is 29.6 Å². The minimum Gasteiger partial charge on any atom is -0.481 e. The topological polar surface area (TPSA) is 95.5 Å². The first-order chi connectivity index (χ1) is 9.86. The largest absolute Gasteiger partial charge is 0.481 e. The predicted molar refractivity (Wildman–Crippen MR) is 73.0 cm³/mol. The van der Waals surface area contributed by atoms with Crippen molar-refractivity contribution in [3.63, 3.8) is 0 Å². The van der Waals surface area contributed by atoms with E-state index in [0.717, 1.165) is 0 Å². The Balaban J connectivity index is 2.32. The molecule has 0 bridgehead atoms. The summed E-state index contributed by atoms with van der Waals surface area (Å²) in [6.07, 6.45) is -0.224. The Morgan fingerprint density at radius 2 is 2.00 bits per heavy atom. The number of aliphatic carboxylic acids is 1. The zero-order chi connectivity index (χ0) is 15.8. The third-order valence-corrected chi connectivity index (χ3v) is 2.59. The Kier molecular flexibility index (Phi) is 6.32. The monoisotopic (exact) mass is 296 g/mol.